The second-order valence-electron chi connectivity index (χ2n) is 31.8. The molecule has 0 fully saturated rings. The first-order chi connectivity index (χ1) is 50.9. The van der Waals surface area contributed by atoms with Gasteiger partial charge in [-0.25, -0.2) is 0 Å². The molecule has 114 radical (unpaired) electrons. The number of hydrogen-bond donors (Lipinski definition) is 0. The van der Waals surface area contributed by atoms with Crippen molar-refractivity contribution >= 4 is 792 Å². The van der Waals surface area contributed by atoms with Gasteiger partial charge in [0.25, 0.3) is 0 Å². The van der Waals surface area contributed by atoms with E-state index < -0.39 is 351 Å². The predicted octanol–water partition coefficient (Wildman–Crippen LogP) is -42.6. The third-order valence-corrected chi connectivity index (χ3v) is 24.0. The Morgan fingerprint density at radius 2 is 0.107 bits per heavy atom. The highest BCUT2D eigenvalue weighted by Gasteiger charge is 2.70. The minimum atomic E-state index is -2.54. The first-order valence-corrected chi connectivity index (χ1v) is 37.0. The van der Waals surface area contributed by atoms with Crippen molar-refractivity contribution in [2.24, 2.45) is 0 Å². The Hall–Kier alpha value is 7.27. The molecule has 0 amide bonds. The molecular weight excluding hydrogens is 1210 g/mol. The van der Waals surface area contributed by atoms with Gasteiger partial charge in [-0.3, -0.25) is 0 Å². The molecule has 0 aromatic heterocycles. The summed E-state index contributed by atoms with van der Waals surface area (Å²) in [6.45, 7) is 0. The molecular formula is B112. The fourth-order valence-corrected chi connectivity index (χ4v) is 20.3. The monoisotopic (exact) mass is 1230 g/mol. The van der Waals surface area contributed by atoms with Gasteiger partial charge in [-0.15, -0.1) is 0 Å². The lowest BCUT2D eigenvalue weighted by molar-refractivity contribution is 3.12. The molecule has 0 saturated carbocycles. The standard InChI is InChI=1S/B112/c1-58(2)86(57)100(85(55)56)107(99(83(51)52)84(53)54)111(108(101(87(59(3)4)60(5)6)88(61(7)8)62(9)10)102(89(63(11)12)64(13)14)90(65(15)16)66(17)18)112(109(103(91(67(19)20)68(21)22)92(69(23)24)70(25)26)104(93(71(27)28)72(29)30)94(73(31)32)74(33)34)110(105(95(75(35)36)76(37)38)96(77(39)40)78(41)42)106(97(79(43)44)80(45)46)98(81(47)48)82(49)50. The van der Waals surface area contributed by atoms with E-state index in [4.69, 9.17) is 441 Å². The van der Waals surface area contributed by atoms with Gasteiger partial charge in [-0.2, -0.15) is 0 Å². The lowest BCUT2D eigenvalue weighted by Gasteiger charge is -2.64. The van der Waals surface area contributed by atoms with Crippen molar-refractivity contribution in [1.29, 1.82) is 0 Å². The first-order valence-electron chi connectivity index (χ1n) is 37.0. The summed E-state index contributed by atoms with van der Waals surface area (Å²) >= 11 is 0. The molecule has 0 spiro atoms. The zero-order valence-electron chi connectivity index (χ0n) is 64.7. The Balaban J connectivity index is 15.8. The molecule has 0 aliphatic rings. The van der Waals surface area contributed by atoms with Crippen LogP contribution in [0.15, 0.2) is 0 Å². The molecule has 0 saturated heterocycles. The lowest BCUT2D eigenvalue weighted by Crippen LogP contribution is -3.02. The number of rotatable bonds is 54. The van der Waals surface area contributed by atoms with Crippen molar-refractivity contribution in [2.75, 3.05) is 0 Å². The Kier molecular flexibility index (Phi) is 58.4. The van der Waals surface area contributed by atoms with Crippen LogP contribution in [-0.4, -0.2) is 792 Å². The average molecular weight is 1210 g/mol. The van der Waals surface area contributed by atoms with E-state index in [9.17, 15) is 0 Å². The second kappa shape index (κ2) is 54.8. The van der Waals surface area contributed by atoms with Gasteiger partial charge >= 0.3 is 0 Å². The average Bonchev–Trinajstić information content (AvgIpc) is 0.704. The summed E-state index contributed by atoms with van der Waals surface area (Å²) in [5.74, 6) is 0. The van der Waals surface area contributed by atoms with Gasteiger partial charge in [0.1, 0.15) is 0 Å². The third-order valence-electron chi connectivity index (χ3n) is 24.0. The van der Waals surface area contributed by atoms with Crippen LogP contribution < -0.4 is 0 Å². The Bertz CT molecular complexity index is 1930. The van der Waals surface area contributed by atoms with Gasteiger partial charge in [0.15, 0.2) is 0 Å². The zero-order valence-corrected chi connectivity index (χ0v) is 64.7. The van der Waals surface area contributed by atoms with Gasteiger partial charge in [-0.05, 0) is 0 Å². The molecule has 336 valence electrons. The lowest BCUT2D eigenvalue weighted by atomic mass is 8.17. The first kappa shape index (κ1) is 119. The van der Waals surface area contributed by atoms with E-state index in [2.05, 4.69) is 0 Å². The maximum Gasteiger partial charge on any atom is 0 e. The van der Waals surface area contributed by atoms with Crippen LogP contribution in [0.2, 0.25) is 0 Å². The van der Waals surface area contributed by atoms with Crippen LogP contribution >= 0.6 is 0 Å². The quantitative estimate of drug-likeness (QED) is 0.0533. The van der Waals surface area contributed by atoms with E-state index in [1.54, 1.807) is 0 Å². The molecule has 0 N–H and O–H groups in total. The fraction of sp³-hybridized carbons (Fsp3) is 0. The molecule has 112 heteroatoms. The summed E-state index contributed by atoms with van der Waals surface area (Å²) in [6, 6.07) is 0. The zero-order chi connectivity index (χ0) is 88.8. The second-order valence-corrected chi connectivity index (χ2v) is 31.8. The van der Waals surface area contributed by atoms with Crippen LogP contribution in [0.1, 0.15) is 0 Å². The fourth-order valence-electron chi connectivity index (χ4n) is 20.3. The largest absolute Gasteiger partial charge is 0 e. The van der Waals surface area contributed by atoms with Crippen molar-refractivity contribution in [3.05, 3.63) is 0 Å². The van der Waals surface area contributed by atoms with Crippen molar-refractivity contribution in [3.8, 4) is 0 Å². The van der Waals surface area contributed by atoms with Crippen LogP contribution in [0.5, 0.6) is 0 Å². The van der Waals surface area contributed by atoms with Gasteiger partial charge in [-0.1, -0.05) is 0 Å². The summed E-state index contributed by atoms with van der Waals surface area (Å²) in [4.78, 5) is 0. The van der Waals surface area contributed by atoms with E-state index in [1.165, 1.54) is 0 Å². The van der Waals surface area contributed by atoms with Crippen LogP contribution in [0.3, 0.4) is 0 Å². The van der Waals surface area contributed by atoms with Crippen LogP contribution in [0.25, 0.3) is 0 Å². The molecule has 0 rings (SSSR count). The maximum atomic E-state index is 7.61. The van der Waals surface area contributed by atoms with Gasteiger partial charge < -0.3 is 0 Å². The Morgan fingerprint density at radius 1 is 0.0536 bits per heavy atom. The van der Waals surface area contributed by atoms with Crippen LogP contribution in [-0.2, 0) is 0 Å². The summed E-state index contributed by atoms with van der Waals surface area (Å²) in [5.41, 5.74) is 0. The molecule has 0 aromatic rings. The summed E-state index contributed by atoms with van der Waals surface area (Å²) < 4.78 is 0. The van der Waals surface area contributed by atoms with E-state index in [0.29, 0.717) is 0 Å². The topological polar surface area (TPSA) is 0 Å². The van der Waals surface area contributed by atoms with Crippen LogP contribution in [0.4, 0.5) is 0 Å². The number of hydrogen-bond acceptors (Lipinski definition) is 0. The maximum absolute atomic E-state index is 7.61. The molecule has 0 nitrogen and oxygen atoms in total. The molecule has 0 aliphatic carbocycles. The van der Waals surface area contributed by atoms with Crippen molar-refractivity contribution in [3.63, 3.8) is 0 Å². The minimum Gasteiger partial charge on any atom is 0 e. The van der Waals surface area contributed by atoms with Crippen molar-refractivity contribution in [1.82, 2.24) is 0 Å². The highest BCUT2D eigenvalue weighted by atomic mass is 13.5. The van der Waals surface area contributed by atoms with Gasteiger partial charge in [0.2, 0.25) is 0 Å². The highest BCUT2D eigenvalue weighted by molar-refractivity contribution is 8.45. The molecule has 0 aliphatic heterocycles. The third kappa shape index (κ3) is 31.8. The Morgan fingerprint density at radius 3 is 0.161 bits per heavy atom. The summed E-state index contributed by atoms with van der Waals surface area (Å²) in [6.07, 6.45) is -112. The molecule has 0 atom stereocenters. The molecule has 0 aromatic carbocycles. The molecule has 0 heterocycles. The predicted molar refractivity (Wildman–Crippen MR) is 644 cm³/mol. The smallest absolute Gasteiger partial charge is 0 e. The van der Waals surface area contributed by atoms with Crippen molar-refractivity contribution in [2.45, 2.75) is 0 Å². The van der Waals surface area contributed by atoms with E-state index in [0.717, 1.165) is 0 Å². The normalized spacial score (nSPS) is 9.86. The molecule has 112 heavy (non-hydrogen) atoms. The van der Waals surface area contributed by atoms with Crippen LogP contribution in [0, 0.1) is 0 Å². The highest BCUT2D eigenvalue weighted by Crippen LogP contribution is 2.32. The SMILES string of the molecule is [B]B([B])B([B])B(B([B])[B])B(B(B([B])[B])B([B])[B])B(B(B(B(B([B])[B])B([B])[B])B(B([B])[B])B([B])[B])B(B(B([B])[B])B([B])[B])B(B([B])[B])B([B])[B])B(B(B(B(B([B])[B])B([B])[B])B(B([B])[B])B([B])[B])B(B(B([B])[B])B([B])[B])B(B([B])[B])B([B])[B])B(B(B(B([B])[B])B([B])[B])B(B([B])[B])B([B])[B])B(B(B([B])[B])B([B])[B])B(B([B])[B])B([B])[B]. The minimum absolute atomic E-state index is 1.86. The van der Waals surface area contributed by atoms with E-state index in [1.807, 2.05) is 0 Å². The summed E-state index contributed by atoms with van der Waals surface area (Å²) in [5, 5.41) is 0. The van der Waals surface area contributed by atoms with Gasteiger partial charge in [0, 0.05) is 792 Å². The van der Waals surface area contributed by atoms with E-state index in [-0.39, 0.29) is 0 Å². The Labute approximate surface area is 783 Å². The summed E-state index contributed by atoms with van der Waals surface area (Å²) in [7, 11) is 413. The molecule has 0 bridgehead atoms. The van der Waals surface area contributed by atoms with Gasteiger partial charge in [0.05, 0.1) is 0 Å². The van der Waals surface area contributed by atoms with Crippen molar-refractivity contribution < 1.29 is 0 Å². The van der Waals surface area contributed by atoms with E-state index >= 15 is 0 Å². The molecule has 0 unspecified atom stereocenters.